The van der Waals surface area contributed by atoms with Crippen LogP contribution in [0.25, 0.3) is 0 Å². The maximum Gasteiger partial charge on any atom is 0.490 e. The van der Waals surface area contributed by atoms with Crippen LogP contribution in [0.1, 0.15) is 49.2 Å². The Kier molecular flexibility index (Phi) is 7.79. The van der Waals surface area contributed by atoms with Crippen LogP contribution in [-0.2, 0) is 11.0 Å². The minimum Gasteiger partial charge on any atom is -0.475 e. The fourth-order valence-electron chi connectivity index (χ4n) is 3.96. The van der Waals surface area contributed by atoms with Crippen molar-refractivity contribution >= 4 is 11.9 Å². The summed E-state index contributed by atoms with van der Waals surface area (Å²) in [6.45, 7) is 7.58. The number of hydrogen-bond donors (Lipinski definition) is 1. The molecular weight excluding hydrogens is 444 g/mol. The summed E-state index contributed by atoms with van der Waals surface area (Å²) in [6, 6.07) is 2.22. The third-order valence-electron chi connectivity index (χ3n) is 5.49. The summed E-state index contributed by atoms with van der Waals surface area (Å²) in [7, 11) is 0. The predicted molar refractivity (Wildman–Crippen MR) is 102 cm³/mol. The minimum absolute atomic E-state index is 0.0120. The van der Waals surface area contributed by atoms with E-state index in [9.17, 15) is 31.1 Å². The van der Waals surface area contributed by atoms with Crippen molar-refractivity contribution in [2.75, 3.05) is 26.2 Å². The van der Waals surface area contributed by atoms with Crippen molar-refractivity contribution in [3.63, 3.8) is 0 Å². The molecule has 2 saturated heterocycles. The molecule has 1 aromatic rings. The average Bonchev–Trinajstić information content (AvgIpc) is 2.70. The van der Waals surface area contributed by atoms with Crippen molar-refractivity contribution in [3.05, 3.63) is 29.6 Å². The summed E-state index contributed by atoms with van der Waals surface area (Å²) < 4.78 is 70.3. The summed E-state index contributed by atoms with van der Waals surface area (Å²) in [4.78, 5) is 29.1. The molecule has 0 radical (unpaired) electrons. The monoisotopic (exact) mass is 469 g/mol. The number of halogens is 6. The van der Waals surface area contributed by atoms with Crippen LogP contribution in [0.4, 0.5) is 26.3 Å². The smallest absolute Gasteiger partial charge is 0.475 e. The second kappa shape index (κ2) is 9.63. The Morgan fingerprint density at radius 1 is 1.16 bits per heavy atom. The lowest BCUT2D eigenvalue weighted by Gasteiger charge is -2.57. The molecule has 1 spiro atoms. The highest BCUT2D eigenvalue weighted by molar-refractivity contribution is 5.94. The minimum atomic E-state index is -5.08. The molecule has 180 valence electrons. The number of carboxylic acid groups (broad SMARTS) is 1. The molecular formula is C20H25F6N3O3. The van der Waals surface area contributed by atoms with Crippen molar-refractivity contribution in [1.82, 2.24) is 14.8 Å². The molecule has 0 aliphatic carbocycles. The average molecular weight is 469 g/mol. The Bertz CT molecular complexity index is 828. The van der Waals surface area contributed by atoms with Crippen LogP contribution in [0.2, 0.25) is 0 Å². The summed E-state index contributed by atoms with van der Waals surface area (Å²) in [6.07, 6.45) is -5.58. The number of piperidine rings is 1. The number of alkyl halides is 6. The second-order valence-corrected chi connectivity index (χ2v) is 8.37. The number of amides is 1. The number of carbonyl (C=O) groups excluding carboxylic acids is 1. The van der Waals surface area contributed by atoms with Gasteiger partial charge in [-0.1, -0.05) is 13.8 Å². The van der Waals surface area contributed by atoms with Gasteiger partial charge in [0, 0.05) is 43.5 Å². The van der Waals surface area contributed by atoms with Crippen molar-refractivity contribution < 1.29 is 41.0 Å². The number of pyridine rings is 1. The van der Waals surface area contributed by atoms with E-state index in [1.165, 1.54) is 6.07 Å². The Balaban J connectivity index is 0.000000451. The van der Waals surface area contributed by atoms with Crippen molar-refractivity contribution in [1.29, 1.82) is 0 Å². The lowest BCUT2D eigenvalue weighted by atomic mass is 9.77. The van der Waals surface area contributed by atoms with Crippen LogP contribution in [0.15, 0.2) is 18.3 Å². The maximum atomic E-state index is 12.8. The van der Waals surface area contributed by atoms with Gasteiger partial charge in [0.05, 0.1) is 0 Å². The summed E-state index contributed by atoms with van der Waals surface area (Å²) in [5.41, 5.74) is -0.942. The molecule has 1 N–H and O–H groups in total. The molecule has 12 heteroatoms. The van der Waals surface area contributed by atoms with Crippen molar-refractivity contribution in [2.45, 2.75) is 51.0 Å². The highest BCUT2D eigenvalue weighted by Gasteiger charge is 2.48. The number of aliphatic carboxylic acids is 1. The van der Waals surface area contributed by atoms with E-state index >= 15 is 0 Å². The van der Waals surface area contributed by atoms with Gasteiger partial charge < -0.3 is 10.0 Å². The fraction of sp³-hybridized carbons (Fsp3) is 0.650. The molecule has 2 aliphatic rings. The first-order valence-electron chi connectivity index (χ1n) is 10.0. The zero-order valence-electron chi connectivity index (χ0n) is 17.6. The molecule has 3 rings (SSSR count). The third-order valence-corrected chi connectivity index (χ3v) is 5.49. The number of carbonyl (C=O) groups is 2. The molecule has 3 heterocycles. The second-order valence-electron chi connectivity index (χ2n) is 8.37. The number of rotatable bonds is 3. The van der Waals surface area contributed by atoms with Gasteiger partial charge in [-0.05, 0) is 37.3 Å². The molecule has 0 aromatic carbocycles. The Labute approximate surface area is 181 Å². The molecule has 1 amide bonds. The van der Waals surface area contributed by atoms with E-state index in [1.54, 1.807) is 4.90 Å². The van der Waals surface area contributed by atoms with Gasteiger partial charge in [-0.2, -0.15) is 26.3 Å². The van der Waals surface area contributed by atoms with Crippen molar-refractivity contribution in [3.8, 4) is 0 Å². The largest absolute Gasteiger partial charge is 0.490 e. The molecule has 2 fully saturated rings. The van der Waals surface area contributed by atoms with E-state index in [0.717, 1.165) is 44.6 Å². The first-order valence-corrected chi connectivity index (χ1v) is 10.0. The third kappa shape index (κ3) is 6.33. The number of likely N-dealkylation sites (tertiary alicyclic amines) is 2. The molecule has 0 saturated carbocycles. The summed E-state index contributed by atoms with van der Waals surface area (Å²) >= 11 is 0. The molecule has 0 bridgehead atoms. The topological polar surface area (TPSA) is 73.7 Å². The van der Waals surface area contributed by atoms with Gasteiger partial charge >= 0.3 is 18.3 Å². The van der Waals surface area contributed by atoms with E-state index in [0.29, 0.717) is 19.0 Å². The maximum absolute atomic E-state index is 12.8. The Morgan fingerprint density at radius 2 is 1.78 bits per heavy atom. The van der Waals surface area contributed by atoms with Crippen LogP contribution < -0.4 is 0 Å². The zero-order valence-corrected chi connectivity index (χ0v) is 17.6. The van der Waals surface area contributed by atoms with E-state index in [1.807, 2.05) is 0 Å². The van der Waals surface area contributed by atoms with Crippen LogP contribution in [0.5, 0.6) is 0 Å². The first kappa shape index (κ1) is 25.9. The van der Waals surface area contributed by atoms with E-state index in [4.69, 9.17) is 9.90 Å². The van der Waals surface area contributed by atoms with Crippen molar-refractivity contribution in [2.24, 2.45) is 5.92 Å². The lowest BCUT2D eigenvalue weighted by Crippen LogP contribution is -2.67. The summed E-state index contributed by atoms with van der Waals surface area (Å²) in [5.74, 6) is -2.53. The van der Waals surface area contributed by atoms with Gasteiger partial charge in [-0.25, -0.2) is 4.79 Å². The van der Waals surface area contributed by atoms with Gasteiger partial charge in [0.1, 0.15) is 5.69 Å². The highest BCUT2D eigenvalue weighted by atomic mass is 19.4. The molecule has 1 aromatic heterocycles. The zero-order chi connectivity index (χ0) is 24.3. The highest BCUT2D eigenvalue weighted by Crippen LogP contribution is 2.39. The quantitative estimate of drug-likeness (QED) is 0.676. The Morgan fingerprint density at radius 3 is 2.25 bits per heavy atom. The standard InChI is InChI=1S/C18H24F3N3O.C2HF3O2/c1-13(2)11-24-9-6-17(24)5-3-8-23(12-17)16(25)14-4-7-22-15(10-14)18(19,20)21;3-2(4,5)1(6)7/h4,7,10,13H,3,5-6,8-9,11-12H2,1-2H3;(H,6,7). The van der Waals surface area contributed by atoms with Gasteiger partial charge in [0.2, 0.25) is 0 Å². The van der Waals surface area contributed by atoms with Gasteiger partial charge in [0.25, 0.3) is 5.91 Å². The lowest BCUT2D eigenvalue weighted by molar-refractivity contribution is -0.192. The van der Waals surface area contributed by atoms with Crippen LogP contribution >= 0.6 is 0 Å². The number of carboxylic acids is 1. The summed E-state index contributed by atoms with van der Waals surface area (Å²) in [5, 5.41) is 7.12. The normalized spacial score (nSPS) is 21.7. The van der Waals surface area contributed by atoms with E-state index < -0.39 is 24.0 Å². The van der Waals surface area contributed by atoms with E-state index in [2.05, 4.69) is 23.7 Å². The molecule has 1 unspecified atom stereocenters. The van der Waals surface area contributed by atoms with Gasteiger partial charge in [-0.15, -0.1) is 0 Å². The first-order chi connectivity index (χ1) is 14.7. The molecule has 1 atom stereocenters. The van der Waals surface area contributed by atoms with Crippen LogP contribution in [-0.4, -0.2) is 69.7 Å². The fourth-order valence-corrected chi connectivity index (χ4v) is 3.96. The van der Waals surface area contributed by atoms with Gasteiger partial charge in [-0.3, -0.25) is 14.7 Å². The number of aromatic nitrogens is 1. The number of nitrogens with zero attached hydrogens (tertiary/aromatic N) is 3. The predicted octanol–water partition coefficient (Wildman–Crippen LogP) is 4.07. The molecule has 2 aliphatic heterocycles. The van der Waals surface area contributed by atoms with E-state index in [-0.39, 0.29) is 17.0 Å². The van der Waals surface area contributed by atoms with Crippen LogP contribution in [0.3, 0.4) is 0 Å². The molecule has 32 heavy (non-hydrogen) atoms. The molecule has 6 nitrogen and oxygen atoms in total. The SMILES string of the molecule is CC(C)CN1CCC12CCCN(C(=O)c1ccnc(C(F)(F)F)c1)C2.O=C(O)C(F)(F)F. The van der Waals surface area contributed by atoms with Gasteiger partial charge in [0.15, 0.2) is 0 Å². The Hall–Kier alpha value is -2.37. The van der Waals surface area contributed by atoms with Crippen LogP contribution in [0, 0.1) is 5.92 Å². The number of hydrogen-bond acceptors (Lipinski definition) is 4.